The SMILES string of the molecule is CC1=C(/C=C/C(C)=C/C=C/C(C)=C/C(=O)CCC(=O)C(=O)Oc2ccccc2N)C(C)(C)CCC1. The van der Waals surface area contributed by atoms with Crippen molar-refractivity contribution in [1.82, 2.24) is 0 Å². The van der Waals surface area contributed by atoms with Crippen LogP contribution in [0.4, 0.5) is 5.69 Å². The van der Waals surface area contributed by atoms with Crippen LogP contribution in [0.3, 0.4) is 0 Å². The van der Waals surface area contributed by atoms with Crippen LogP contribution in [0.5, 0.6) is 5.75 Å². The number of ether oxygens (including phenoxy) is 1. The summed E-state index contributed by atoms with van der Waals surface area (Å²) in [6.07, 6.45) is 14.9. The number of benzene rings is 1. The van der Waals surface area contributed by atoms with E-state index in [0.717, 1.165) is 17.6 Å². The number of carbonyl (C=O) groups excluding carboxylic acids is 3. The minimum Gasteiger partial charge on any atom is -0.419 e. The Morgan fingerprint density at radius 2 is 1.77 bits per heavy atom. The van der Waals surface area contributed by atoms with Crippen molar-refractivity contribution in [3.63, 3.8) is 0 Å². The number of ketones is 2. The highest BCUT2D eigenvalue weighted by molar-refractivity contribution is 6.34. The summed E-state index contributed by atoms with van der Waals surface area (Å²) >= 11 is 0. The Kier molecular flexibility index (Phi) is 10.2. The van der Waals surface area contributed by atoms with E-state index < -0.39 is 11.8 Å². The van der Waals surface area contributed by atoms with E-state index in [9.17, 15) is 14.4 Å². The number of hydrogen-bond acceptors (Lipinski definition) is 5. The minimum atomic E-state index is -1.02. The Morgan fingerprint density at radius 3 is 2.46 bits per heavy atom. The Balaban J connectivity index is 1.86. The molecule has 0 spiro atoms. The van der Waals surface area contributed by atoms with E-state index in [1.54, 1.807) is 18.2 Å². The molecule has 1 aromatic rings. The van der Waals surface area contributed by atoms with Crippen molar-refractivity contribution in [2.45, 2.75) is 66.7 Å². The number of Topliss-reactive ketones (excluding diaryl/α,β-unsaturated/α-hetero) is 1. The topological polar surface area (TPSA) is 86.5 Å². The number of anilines is 1. The largest absolute Gasteiger partial charge is 0.419 e. The van der Waals surface area contributed by atoms with Gasteiger partial charge in [-0.2, -0.15) is 0 Å². The highest BCUT2D eigenvalue weighted by Crippen LogP contribution is 2.40. The first-order chi connectivity index (χ1) is 16.5. The molecule has 0 radical (unpaired) electrons. The van der Waals surface area contributed by atoms with Crippen molar-refractivity contribution < 1.29 is 19.1 Å². The summed E-state index contributed by atoms with van der Waals surface area (Å²) in [5.74, 6) is -1.88. The van der Waals surface area contributed by atoms with E-state index in [0.29, 0.717) is 0 Å². The van der Waals surface area contributed by atoms with Gasteiger partial charge in [0.15, 0.2) is 11.5 Å². The second-order valence-corrected chi connectivity index (χ2v) is 9.74. The summed E-state index contributed by atoms with van der Waals surface area (Å²) in [6, 6.07) is 6.42. The van der Waals surface area contributed by atoms with E-state index in [4.69, 9.17) is 10.5 Å². The number of nitrogen functional groups attached to an aromatic ring is 1. The minimum absolute atomic E-state index is 0.0642. The van der Waals surface area contributed by atoms with Crippen LogP contribution < -0.4 is 10.5 Å². The van der Waals surface area contributed by atoms with Crippen LogP contribution in [-0.2, 0) is 14.4 Å². The van der Waals surface area contributed by atoms with Gasteiger partial charge in [-0.05, 0) is 74.8 Å². The predicted octanol–water partition coefficient (Wildman–Crippen LogP) is 6.62. The number of esters is 1. The van der Waals surface area contributed by atoms with Crippen LogP contribution in [0.1, 0.15) is 66.7 Å². The Morgan fingerprint density at radius 1 is 1.06 bits per heavy atom. The third-order valence-corrected chi connectivity index (χ3v) is 6.11. The average molecular weight is 476 g/mol. The van der Waals surface area contributed by atoms with Crippen LogP contribution in [-0.4, -0.2) is 17.5 Å². The van der Waals surface area contributed by atoms with Crippen molar-refractivity contribution in [3.05, 3.63) is 83.0 Å². The molecule has 5 nitrogen and oxygen atoms in total. The van der Waals surface area contributed by atoms with Crippen molar-refractivity contribution in [2.24, 2.45) is 5.41 Å². The quantitative estimate of drug-likeness (QED) is 0.103. The van der Waals surface area contributed by atoms with Gasteiger partial charge in [-0.15, -0.1) is 0 Å². The van der Waals surface area contributed by atoms with Gasteiger partial charge in [0.25, 0.3) is 0 Å². The third kappa shape index (κ3) is 9.01. The van der Waals surface area contributed by atoms with Crippen LogP contribution >= 0.6 is 0 Å². The summed E-state index contributed by atoms with van der Waals surface area (Å²) in [5, 5.41) is 0. The fourth-order valence-corrected chi connectivity index (χ4v) is 4.08. The van der Waals surface area contributed by atoms with Gasteiger partial charge in [0, 0.05) is 12.8 Å². The highest BCUT2D eigenvalue weighted by Gasteiger charge is 2.26. The van der Waals surface area contributed by atoms with Gasteiger partial charge < -0.3 is 10.5 Å². The molecule has 0 aliphatic heterocycles. The highest BCUT2D eigenvalue weighted by atomic mass is 16.5. The molecule has 0 unspecified atom stereocenters. The molecule has 0 amide bonds. The standard InChI is InChI=1S/C30H37NO4/c1-21(15-17-25-23(3)12-9-19-30(25,4)5)10-8-11-22(2)20-24(32)16-18-27(33)29(34)35-28-14-7-6-13-26(28)31/h6-8,10-11,13-15,17,20H,9,12,16,18-19,31H2,1-5H3/b11-8+,17-15+,21-10+,22-20+. The number of nitrogens with two attached hydrogens (primary N) is 1. The van der Waals surface area contributed by atoms with E-state index in [1.165, 1.54) is 36.1 Å². The Hall–Kier alpha value is -3.47. The van der Waals surface area contributed by atoms with Gasteiger partial charge in [0.2, 0.25) is 5.78 Å². The molecule has 2 N–H and O–H groups in total. The third-order valence-electron chi connectivity index (χ3n) is 6.11. The van der Waals surface area contributed by atoms with E-state index >= 15 is 0 Å². The first-order valence-corrected chi connectivity index (χ1v) is 12.0. The molecular weight excluding hydrogens is 438 g/mol. The zero-order valence-electron chi connectivity index (χ0n) is 21.5. The van der Waals surface area contributed by atoms with Crippen LogP contribution in [0.15, 0.2) is 83.0 Å². The second-order valence-electron chi connectivity index (χ2n) is 9.74. The molecule has 0 heterocycles. The van der Waals surface area contributed by atoms with Crippen molar-refractivity contribution >= 4 is 23.2 Å². The molecule has 5 heteroatoms. The number of para-hydroxylation sites is 2. The molecule has 1 aliphatic rings. The Labute approximate surface area is 209 Å². The van der Waals surface area contributed by atoms with E-state index in [-0.39, 0.29) is 35.5 Å². The monoisotopic (exact) mass is 475 g/mol. The van der Waals surface area contributed by atoms with Gasteiger partial charge in [0.1, 0.15) is 0 Å². The first kappa shape index (κ1) is 27.8. The van der Waals surface area contributed by atoms with Gasteiger partial charge in [0.05, 0.1) is 5.69 Å². The van der Waals surface area contributed by atoms with E-state index in [2.05, 4.69) is 32.9 Å². The zero-order valence-corrected chi connectivity index (χ0v) is 21.5. The Bertz CT molecular complexity index is 1110. The maximum absolute atomic E-state index is 12.2. The second kappa shape index (κ2) is 12.8. The lowest BCUT2D eigenvalue weighted by atomic mass is 9.72. The zero-order chi connectivity index (χ0) is 26.0. The van der Waals surface area contributed by atoms with Crippen molar-refractivity contribution in [3.8, 4) is 5.75 Å². The lowest BCUT2D eigenvalue weighted by Crippen LogP contribution is -2.21. The van der Waals surface area contributed by atoms with Crippen molar-refractivity contribution in [2.75, 3.05) is 5.73 Å². The summed E-state index contributed by atoms with van der Waals surface area (Å²) in [7, 11) is 0. The summed E-state index contributed by atoms with van der Waals surface area (Å²) in [6.45, 7) is 10.7. The number of allylic oxidation sites excluding steroid dienone is 10. The van der Waals surface area contributed by atoms with Gasteiger partial charge in [-0.3, -0.25) is 9.59 Å². The van der Waals surface area contributed by atoms with Crippen LogP contribution in [0.25, 0.3) is 0 Å². The fraction of sp³-hybridized carbons (Fsp3) is 0.367. The molecule has 1 aliphatic carbocycles. The van der Waals surface area contributed by atoms with Gasteiger partial charge >= 0.3 is 5.97 Å². The van der Waals surface area contributed by atoms with Crippen LogP contribution in [0.2, 0.25) is 0 Å². The maximum Gasteiger partial charge on any atom is 0.380 e. The lowest BCUT2D eigenvalue weighted by Gasteiger charge is -2.32. The molecule has 0 saturated carbocycles. The number of rotatable bonds is 10. The van der Waals surface area contributed by atoms with Gasteiger partial charge in [-0.1, -0.05) is 67.5 Å². The van der Waals surface area contributed by atoms with Crippen LogP contribution in [0, 0.1) is 5.41 Å². The first-order valence-electron chi connectivity index (χ1n) is 12.0. The summed E-state index contributed by atoms with van der Waals surface area (Å²) in [4.78, 5) is 36.1. The average Bonchev–Trinajstić information content (AvgIpc) is 2.78. The number of carbonyl (C=O) groups is 3. The normalized spacial score (nSPS) is 16.7. The number of hydrogen-bond donors (Lipinski definition) is 1. The fourth-order valence-electron chi connectivity index (χ4n) is 4.08. The summed E-state index contributed by atoms with van der Waals surface area (Å²) < 4.78 is 5.01. The smallest absolute Gasteiger partial charge is 0.380 e. The lowest BCUT2D eigenvalue weighted by molar-refractivity contribution is -0.147. The molecule has 0 atom stereocenters. The maximum atomic E-state index is 12.2. The van der Waals surface area contributed by atoms with E-state index in [1.807, 2.05) is 32.1 Å². The molecule has 0 aromatic heterocycles. The molecule has 0 saturated heterocycles. The molecule has 35 heavy (non-hydrogen) atoms. The van der Waals surface area contributed by atoms with Gasteiger partial charge in [-0.25, -0.2) is 4.79 Å². The molecule has 1 aromatic carbocycles. The predicted molar refractivity (Wildman–Crippen MR) is 142 cm³/mol. The molecular formula is C30H37NO4. The molecule has 0 fully saturated rings. The molecule has 186 valence electrons. The molecule has 0 bridgehead atoms. The molecule has 2 rings (SSSR count). The summed E-state index contributed by atoms with van der Waals surface area (Å²) in [5.41, 5.74) is 11.0. The van der Waals surface area contributed by atoms with Crippen molar-refractivity contribution in [1.29, 1.82) is 0 Å².